The number of amides is 2. The highest BCUT2D eigenvalue weighted by Gasteiger charge is 2.16. The van der Waals surface area contributed by atoms with Gasteiger partial charge in [-0.05, 0) is 24.5 Å². The van der Waals surface area contributed by atoms with Crippen molar-refractivity contribution in [2.75, 3.05) is 13.7 Å². The van der Waals surface area contributed by atoms with Gasteiger partial charge in [-0.3, -0.25) is 0 Å². The monoisotopic (exact) mass is 280 g/mol. The Kier molecular flexibility index (Phi) is 6.36. The van der Waals surface area contributed by atoms with Crippen molar-refractivity contribution in [2.24, 2.45) is 0 Å². The summed E-state index contributed by atoms with van der Waals surface area (Å²) in [5.41, 5.74) is 0.987. The minimum absolute atomic E-state index is 0.343. The molecule has 0 saturated carbocycles. The topological polar surface area (TPSA) is 87.7 Å². The van der Waals surface area contributed by atoms with Crippen molar-refractivity contribution in [3.8, 4) is 5.75 Å². The second-order valence-electron chi connectivity index (χ2n) is 4.26. The largest absolute Gasteiger partial charge is 0.496 e. The lowest BCUT2D eigenvalue weighted by Crippen LogP contribution is -2.46. The number of ether oxygens (including phenoxy) is 1. The van der Waals surface area contributed by atoms with Crippen molar-refractivity contribution in [3.05, 3.63) is 29.8 Å². The molecule has 110 valence electrons. The molecule has 2 amide bonds. The Morgan fingerprint density at radius 1 is 1.35 bits per heavy atom. The molecule has 0 fully saturated rings. The Morgan fingerprint density at radius 2 is 2.05 bits per heavy atom. The first-order valence-electron chi connectivity index (χ1n) is 6.47. The number of carbonyl (C=O) groups is 2. The highest BCUT2D eigenvalue weighted by molar-refractivity contribution is 5.82. The zero-order valence-electron chi connectivity index (χ0n) is 11.7. The summed E-state index contributed by atoms with van der Waals surface area (Å²) >= 11 is 0. The number of nitrogens with one attached hydrogen (secondary N) is 2. The molecule has 0 aliphatic rings. The summed E-state index contributed by atoms with van der Waals surface area (Å²) in [5, 5.41) is 13.9. The van der Waals surface area contributed by atoms with Crippen LogP contribution in [0, 0.1) is 0 Å². The first kappa shape index (κ1) is 15.8. The first-order valence-corrected chi connectivity index (χ1v) is 6.47. The number of aliphatic carboxylic acids is 1. The van der Waals surface area contributed by atoms with Crippen LogP contribution < -0.4 is 15.4 Å². The van der Waals surface area contributed by atoms with E-state index in [-0.39, 0.29) is 0 Å². The van der Waals surface area contributed by atoms with Gasteiger partial charge in [-0.25, -0.2) is 9.59 Å². The van der Waals surface area contributed by atoms with Gasteiger partial charge >= 0.3 is 12.0 Å². The molecule has 3 N–H and O–H groups in total. The van der Waals surface area contributed by atoms with Gasteiger partial charge in [0.1, 0.15) is 11.8 Å². The van der Waals surface area contributed by atoms with Crippen LogP contribution in [0.2, 0.25) is 0 Å². The van der Waals surface area contributed by atoms with Crippen LogP contribution in [-0.2, 0) is 11.2 Å². The van der Waals surface area contributed by atoms with Crippen LogP contribution in [0.25, 0.3) is 0 Å². The number of benzene rings is 1. The average Bonchev–Trinajstić information content (AvgIpc) is 2.45. The number of methoxy groups -OCH3 is 1. The van der Waals surface area contributed by atoms with Crippen molar-refractivity contribution in [2.45, 2.75) is 25.8 Å². The van der Waals surface area contributed by atoms with Crippen LogP contribution in [0.1, 0.15) is 18.9 Å². The van der Waals surface area contributed by atoms with E-state index >= 15 is 0 Å². The summed E-state index contributed by atoms with van der Waals surface area (Å²) in [6.07, 6.45) is 0.955. The van der Waals surface area contributed by atoms with E-state index in [1.165, 1.54) is 0 Å². The van der Waals surface area contributed by atoms with E-state index in [0.29, 0.717) is 19.4 Å². The molecule has 1 rings (SSSR count). The lowest BCUT2D eigenvalue weighted by atomic mass is 10.1. The molecular formula is C14H20N2O4. The minimum Gasteiger partial charge on any atom is -0.496 e. The van der Waals surface area contributed by atoms with Gasteiger partial charge in [0.05, 0.1) is 7.11 Å². The second-order valence-corrected chi connectivity index (χ2v) is 4.26. The number of para-hydroxylation sites is 1. The van der Waals surface area contributed by atoms with Gasteiger partial charge in [-0.1, -0.05) is 25.1 Å². The maximum absolute atomic E-state index is 11.5. The van der Waals surface area contributed by atoms with Crippen molar-refractivity contribution >= 4 is 12.0 Å². The van der Waals surface area contributed by atoms with Crippen LogP contribution in [0.5, 0.6) is 5.75 Å². The first-order chi connectivity index (χ1) is 9.58. The standard InChI is InChI=1S/C14H20N2O4/c1-3-11(13(17)18)16-14(19)15-9-8-10-6-4-5-7-12(10)20-2/h4-7,11H,3,8-9H2,1-2H3,(H,17,18)(H2,15,16,19)/t11-/m0/s1. The van der Waals surface area contributed by atoms with E-state index < -0.39 is 18.0 Å². The third-order valence-electron chi connectivity index (χ3n) is 2.88. The molecule has 0 heterocycles. The van der Waals surface area contributed by atoms with Crippen molar-refractivity contribution in [1.29, 1.82) is 0 Å². The third kappa shape index (κ3) is 4.79. The molecule has 0 aromatic heterocycles. The van der Waals surface area contributed by atoms with Gasteiger partial charge in [0.15, 0.2) is 0 Å². The summed E-state index contributed by atoms with van der Waals surface area (Å²) < 4.78 is 5.21. The van der Waals surface area contributed by atoms with E-state index in [1.807, 2.05) is 24.3 Å². The van der Waals surface area contributed by atoms with Crippen molar-refractivity contribution in [1.82, 2.24) is 10.6 Å². The van der Waals surface area contributed by atoms with Crippen LogP contribution in [-0.4, -0.2) is 36.8 Å². The fraction of sp³-hybridized carbons (Fsp3) is 0.429. The predicted molar refractivity (Wildman–Crippen MR) is 74.9 cm³/mol. The van der Waals surface area contributed by atoms with Crippen LogP contribution in [0.4, 0.5) is 4.79 Å². The van der Waals surface area contributed by atoms with Gasteiger partial charge < -0.3 is 20.5 Å². The molecule has 0 bridgehead atoms. The smallest absolute Gasteiger partial charge is 0.326 e. The van der Waals surface area contributed by atoms with E-state index in [0.717, 1.165) is 11.3 Å². The summed E-state index contributed by atoms with van der Waals surface area (Å²) in [6.45, 7) is 2.11. The number of carboxylic acid groups (broad SMARTS) is 1. The Balaban J connectivity index is 2.40. The van der Waals surface area contributed by atoms with Crippen molar-refractivity contribution in [3.63, 3.8) is 0 Å². The van der Waals surface area contributed by atoms with Crippen LogP contribution >= 0.6 is 0 Å². The lowest BCUT2D eigenvalue weighted by Gasteiger charge is -2.13. The van der Waals surface area contributed by atoms with Gasteiger partial charge in [0.25, 0.3) is 0 Å². The van der Waals surface area contributed by atoms with Crippen LogP contribution in [0.15, 0.2) is 24.3 Å². The minimum atomic E-state index is -1.03. The summed E-state index contributed by atoms with van der Waals surface area (Å²) in [5.74, 6) is -0.265. The molecule has 0 unspecified atom stereocenters. The molecule has 0 radical (unpaired) electrons. The molecule has 1 atom stereocenters. The van der Waals surface area contributed by atoms with E-state index in [4.69, 9.17) is 9.84 Å². The Hall–Kier alpha value is -2.24. The fourth-order valence-electron chi connectivity index (χ4n) is 1.77. The SMILES string of the molecule is CC[C@H](NC(=O)NCCc1ccccc1OC)C(=O)O. The third-order valence-corrected chi connectivity index (χ3v) is 2.88. The summed E-state index contributed by atoms with van der Waals surface area (Å²) in [6, 6.07) is 6.21. The fourth-order valence-corrected chi connectivity index (χ4v) is 1.77. The van der Waals surface area contributed by atoms with E-state index in [1.54, 1.807) is 14.0 Å². The number of hydrogen-bond donors (Lipinski definition) is 3. The predicted octanol–water partition coefficient (Wildman–Crippen LogP) is 1.40. The highest BCUT2D eigenvalue weighted by atomic mass is 16.5. The number of urea groups is 1. The Morgan fingerprint density at radius 3 is 2.65 bits per heavy atom. The Labute approximate surface area is 118 Å². The quantitative estimate of drug-likeness (QED) is 0.704. The van der Waals surface area contributed by atoms with Crippen molar-refractivity contribution < 1.29 is 19.4 Å². The molecule has 0 aliphatic carbocycles. The summed E-state index contributed by atoms with van der Waals surface area (Å²) in [7, 11) is 1.59. The maximum atomic E-state index is 11.5. The second kappa shape index (κ2) is 8.04. The molecule has 6 nitrogen and oxygen atoms in total. The van der Waals surface area contributed by atoms with Gasteiger partial charge in [-0.15, -0.1) is 0 Å². The number of carbonyl (C=O) groups excluding carboxylic acids is 1. The van der Waals surface area contributed by atoms with Gasteiger partial charge in [-0.2, -0.15) is 0 Å². The number of hydrogen-bond acceptors (Lipinski definition) is 3. The van der Waals surface area contributed by atoms with E-state index in [9.17, 15) is 9.59 Å². The molecule has 20 heavy (non-hydrogen) atoms. The number of carboxylic acids is 1. The van der Waals surface area contributed by atoms with Crippen LogP contribution in [0.3, 0.4) is 0 Å². The molecule has 1 aromatic rings. The number of rotatable bonds is 7. The zero-order valence-corrected chi connectivity index (χ0v) is 11.7. The van der Waals surface area contributed by atoms with Gasteiger partial charge in [0, 0.05) is 6.54 Å². The average molecular weight is 280 g/mol. The van der Waals surface area contributed by atoms with E-state index in [2.05, 4.69) is 10.6 Å². The van der Waals surface area contributed by atoms with Gasteiger partial charge in [0.2, 0.25) is 0 Å². The molecule has 0 spiro atoms. The molecule has 6 heteroatoms. The molecular weight excluding hydrogens is 260 g/mol. The Bertz CT molecular complexity index is 462. The highest BCUT2D eigenvalue weighted by Crippen LogP contribution is 2.17. The normalized spacial score (nSPS) is 11.5. The maximum Gasteiger partial charge on any atom is 0.326 e. The summed E-state index contributed by atoms with van der Waals surface area (Å²) in [4.78, 5) is 22.3. The lowest BCUT2D eigenvalue weighted by molar-refractivity contribution is -0.139. The molecule has 0 saturated heterocycles. The molecule has 0 aliphatic heterocycles. The molecule has 1 aromatic carbocycles. The zero-order chi connectivity index (χ0) is 15.0.